The molecule has 0 radical (unpaired) electrons. The summed E-state index contributed by atoms with van der Waals surface area (Å²) in [5, 5.41) is 12.8. The molecular formula is C15H12N2O2S. The van der Waals surface area contributed by atoms with Crippen LogP contribution in [-0.2, 0) is 4.79 Å². The van der Waals surface area contributed by atoms with E-state index in [1.165, 1.54) is 11.3 Å². The van der Waals surface area contributed by atoms with Crippen molar-refractivity contribution in [3.8, 4) is 6.07 Å². The lowest BCUT2D eigenvalue weighted by Gasteiger charge is -2.07. The van der Waals surface area contributed by atoms with Gasteiger partial charge in [-0.1, -0.05) is 18.2 Å². The first-order chi connectivity index (χ1) is 9.69. The molecule has 2 aromatic rings. The van der Waals surface area contributed by atoms with Gasteiger partial charge in [-0.25, -0.2) is 0 Å². The molecule has 1 heterocycles. The van der Waals surface area contributed by atoms with Crippen molar-refractivity contribution in [2.45, 2.75) is 18.9 Å². The Morgan fingerprint density at radius 2 is 2.10 bits per heavy atom. The summed E-state index contributed by atoms with van der Waals surface area (Å²) in [7, 11) is 0. The van der Waals surface area contributed by atoms with E-state index < -0.39 is 17.6 Å². The number of amides is 1. The molecule has 1 fully saturated rings. The van der Waals surface area contributed by atoms with E-state index in [0.29, 0.717) is 4.88 Å². The molecule has 5 heteroatoms. The summed E-state index contributed by atoms with van der Waals surface area (Å²) in [6.07, 6.45) is 1.86. The van der Waals surface area contributed by atoms with E-state index in [1.807, 2.05) is 30.3 Å². The lowest BCUT2D eigenvalue weighted by molar-refractivity contribution is -0.122. The quantitative estimate of drug-likeness (QED) is 0.692. The van der Waals surface area contributed by atoms with E-state index in [4.69, 9.17) is 5.26 Å². The van der Waals surface area contributed by atoms with Gasteiger partial charge in [0.05, 0.1) is 10.9 Å². The van der Waals surface area contributed by atoms with E-state index in [-0.39, 0.29) is 6.04 Å². The summed E-state index contributed by atoms with van der Waals surface area (Å²) in [6.45, 7) is 0. The number of ketones is 1. The standard InChI is InChI=1S/C15H12N2O2S/c16-8-11(15(19)17-10-5-6-10)14(18)13-7-9-3-1-2-4-12(9)20-13/h1-4,7,10-11H,5-6H2,(H,17,19)/t11-/m0/s1. The van der Waals surface area contributed by atoms with Crippen LogP contribution in [0.3, 0.4) is 0 Å². The average molecular weight is 284 g/mol. The number of thiophene rings is 1. The lowest BCUT2D eigenvalue weighted by atomic mass is 10.0. The first-order valence-corrected chi connectivity index (χ1v) is 7.23. The molecular weight excluding hydrogens is 272 g/mol. The Morgan fingerprint density at radius 3 is 2.75 bits per heavy atom. The normalized spacial score (nSPS) is 15.6. The molecule has 1 amide bonds. The molecule has 0 unspecified atom stereocenters. The number of benzene rings is 1. The molecule has 100 valence electrons. The van der Waals surface area contributed by atoms with Crippen LogP contribution in [0.4, 0.5) is 0 Å². The van der Waals surface area contributed by atoms with E-state index in [2.05, 4.69) is 5.32 Å². The number of hydrogen-bond donors (Lipinski definition) is 1. The number of Topliss-reactive ketones (excluding diaryl/α,β-unsaturated/α-hetero) is 1. The zero-order valence-electron chi connectivity index (χ0n) is 10.6. The predicted molar refractivity (Wildman–Crippen MR) is 76.4 cm³/mol. The van der Waals surface area contributed by atoms with Gasteiger partial charge in [-0.15, -0.1) is 11.3 Å². The smallest absolute Gasteiger partial charge is 0.245 e. The third-order valence-corrected chi connectivity index (χ3v) is 4.38. The van der Waals surface area contributed by atoms with Gasteiger partial charge in [0.1, 0.15) is 0 Å². The van der Waals surface area contributed by atoms with Gasteiger partial charge in [0.2, 0.25) is 5.91 Å². The summed E-state index contributed by atoms with van der Waals surface area (Å²) in [4.78, 5) is 24.7. The third-order valence-electron chi connectivity index (χ3n) is 3.25. The Labute approximate surface area is 120 Å². The number of nitriles is 1. The largest absolute Gasteiger partial charge is 0.352 e. The van der Waals surface area contributed by atoms with Gasteiger partial charge >= 0.3 is 0 Å². The highest BCUT2D eigenvalue weighted by Gasteiger charge is 2.32. The third kappa shape index (κ3) is 2.43. The van der Waals surface area contributed by atoms with E-state index in [1.54, 1.807) is 6.07 Å². The fraction of sp³-hybridized carbons (Fsp3) is 0.267. The Bertz CT molecular complexity index is 692. The van der Waals surface area contributed by atoms with Crippen LogP contribution < -0.4 is 5.32 Å². The first-order valence-electron chi connectivity index (χ1n) is 6.42. The molecule has 0 saturated heterocycles. The molecule has 1 saturated carbocycles. The van der Waals surface area contributed by atoms with Crippen molar-refractivity contribution in [2.24, 2.45) is 5.92 Å². The van der Waals surface area contributed by atoms with Gasteiger partial charge in [0.15, 0.2) is 11.7 Å². The van der Waals surface area contributed by atoms with Crippen LogP contribution >= 0.6 is 11.3 Å². The van der Waals surface area contributed by atoms with E-state index in [9.17, 15) is 9.59 Å². The maximum absolute atomic E-state index is 12.3. The number of carbonyl (C=O) groups excluding carboxylic acids is 2. The number of hydrogen-bond acceptors (Lipinski definition) is 4. The van der Waals surface area contributed by atoms with Crippen molar-refractivity contribution in [2.75, 3.05) is 0 Å². The highest BCUT2D eigenvalue weighted by atomic mass is 32.1. The molecule has 20 heavy (non-hydrogen) atoms. The fourth-order valence-corrected chi connectivity index (χ4v) is 3.03. The Morgan fingerprint density at radius 1 is 1.35 bits per heavy atom. The van der Waals surface area contributed by atoms with Crippen LogP contribution in [0.2, 0.25) is 0 Å². The summed E-state index contributed by atoms with van der Waals surface area (Å²) < 4.78 is 0.982. The molecule has 1 aliphatic rings. The maximum atomic E-state index is 12.3. The SMILES string of the molecule is N#C[C@H](C(=O)NC1CC1)C(=O)c1cc2ccccc2s1. The van der Waals surface area contributed by atoms with Gasteiger partial charge in [-0.3, -0.25) is 9.59 Å². The number of fused-ring (bicyclic) bond motifs is 1. The number of carbonyl (C=O) groups is 2. The van der Waals surface area contributed by atoms with E-state index >= 15 is 0 Å². The molecule has 1 atom stereocenters. The molecule has 1 N–H and O–H groups in total. The molecule has 0 spiro atoms. The zero-order valence-corrected chi connectivity index (χ0v) is 11.4. The van der Waals surface area contributed by atoms with Crippen molar-refractivity contribution in [3.63, 3.8) is 0 Å². The van der Waals surface area contributed by atoms with Gasteiger partial charge in [0, 0.05) is 10.7 Å². The van der Waals surface area contributed by atoms with Gasteiger partial charge in [-0.05, 0) is 30.4 Å². The number of rotatable bonds is 4. The number of nitrogens with zero attached hydrogens (tertiary/aromatic N) is 1. The molecule has 1 aromatic heterocycles. The topological polar surface area (TPSA) is 70.0 Å². The van der Waals surface area contributed by atoms with Gasteiger partial charge < -0.3 is 5.32 Å². The summed E-state index contributed by atoms with van der Waals surface area (Å²) in [5.41, 5.74) is 0. The van der Waals surface area contributed by atoms with Crippen molar-refractivity contribution in [1.29, 1.82) is 5.26 Å². The lowest BCUT2D eigenvalue weighted by Crippen LogP contribution is -2.35. The molecule has 1 aliphatic carbocycles. The molecule has 0 bridgehead atoms. The summed E-state index contributed by atoms with van der Waals surface area (Å²) in [6, 6.07) is 11.3. The van der Waals surface area contributed by atoms with E-state index in [0.717, 1.165) is 22.9 Å². The zero-order chi connectivity index (χ0) is 14.1. The first kappa shape index (κ1) is 12.8. The van der Waals surface area contributed by atoms with Crippen LogP contribution in [0, 0.1) is 17.2 Å². The highest BCUT2D eigenvalue weighted by Crippen LogP contribution is 2.27. The molecule has 0 aliphatic heterocycles. The van der Waals surface area contributed by atoms with Gasteiger partial charge in [0.25, 0.3) is 0 Å². The highest BCUT2D eigenvalue weighted by molar-refractivity contribution is 7.20. The second-order valence-electron chi connectivity index (χ2n) is 4.86. The second kappa shape index (κ2) is 5.06. The Kier molecular flexibility index (Phi) is 3.25. The van der Waals surface area contributed by atoms with Crippen LogP contribution in [-0.4, -0.2) is 17.7 Å². The van der Waals surface area contributed by atoms with Crippen LogP contribution in [0.5, 0.6) is 0 Å². The second-order valence-corrected chi connectivity index (χ2v) is 5.94. The van der Waals surface area contributed by atoms with Crippen molar-refractivity contribution in [1.82, 2.24) is 5.32 Å². The predicted octanol–water partition coefficient (Wildman–Crippen LogP) is 2.50. The minimum absolute atomic E-state index is 0.147. The maximum Gasteiger partial charge on any atom is 0.245 e. The molecule has 3 rings (SSSR count). The summed E-state index contributed by atoms with van der Waals surface area (Å²) in [5.74, 6) is -2.13. The van der Waals surface area contributed by atoms with Crippen molar-refractivity contribution < 1.29 is 9.59 Å². The number of nitrogens with one attached hydrogen (secondary N) is 1. The Hall–Kier alpha value is -2.19. The average Bonchev–Trinajstić information content (AvgIpc) is 3.14. The molecule has 4 nitrogen and oxygen atoms in total. The summed E-state index contributed by atoms with van der Waals surface area (Å²) >= 11 is 1.32. The fourth-order valence-electron chi connectivity index (χ4n) is 1.99. The molecule has 1 aromatic carbocycles. The Balaban J connectivity index is 1.85. The van der Waals surface area contributed by atoms with Crippen LogP contribution in [0.15, 0.2) is 30.3 Å². The van der Waals surface area contributed by atoms with Crippen molar-refractivity contribution >= 4 is 33.1 Å². The van der Waals surface area contributed by atoms with Crippen LogP contribution in [0.1, 0.15) is 22.5 Å². The van der Waals surface area contributed by atoms with Crippen LogP contribution in [0.25, 0.3) is 10.1 Å². The minimum Gasteiger partial charge on any atom is -0.352 e. The van der Waals surface area contributed by atoms with Crippen molar-refractivity contribution in [3.05, 3.63) is 35.2 Å². The monoisotopic (exact) mass is 284 g/mol. The van der Waals surface area contributed by atoms with Gasteiger partial charge in [-0.2, -0.15) is 5.26 Å². The minimum atomic E-state index is -1.25.